The number of allylic oxidation sites excluding steroid dienone is 26. The number of hydrogen-bond donors (Lipinski definition) is 4. The summed E-state index contributed by atoms with van der Waals surface area (Å²) in [6, 6.07) is 0. The molecule has 0 radical (unpaired) electrons. The number of esters is 3. The summed E-state index contributed by atoms with van der Waals surface area (Å²) in [6.45, 7) is 2.39. The number of unbranched alkanes of at least 4 members (excludes halogenated alkanes) is 31. The van der Waals surface area contributed by atoms with Crippen LogP contribution in [0.4, 0.5) is 0 Å². The SMILES string of the molecule is CC/C=C\C/C=C\C/C=C\C/C=C\C/C=C\CCCCCC(=O)OCC(COP(=O)(O)OCC(O)COP(=O)(O)OCC(O)COC(=O)CCCCCCCCCCCCCCCCCCCCC/C=C\C/C=C\C/C=C\C/C=C\CCCCC)OC(=O)CCCCCCCC/C=C\C/C=C\C/C=C\C/C=C\CC. The van der Waals surface area contributed by atoms with Gasteiger partial charge in [-0.2, -0.15) is 0 Å². The van der Waals surface area contributed by atoms with Gasteiger partial charge >= 0.3 is 33.6 Å². The molecule has 0 aromatic carbocycles. The van der Waals surface area contributed by atoms with Gasteiger partial charge in [0.15, 0.2) is 6.10 Å². The molecule has 5 unspecified atom stereocenters. The molecular weight excluding hydrogens is 1410 g/mol. The second-order valence-corrected chi connectivity index (χ2v) is 31.1. The van der Waals surface area contributed by atoms with Gasteiger partial charge in [-0.05, 0) is 148 Å². The fraction of sp³-hybridized carbons (Fsp3) is 0.681. The first kappa shape index (κ1) is 104. The summed E-state index contributed by atoms with van der Waals surface area (Å²) in [5.41, 5.74) is 0. The van der Waals surface area contributed by atoms with Crippen molar-refractivity contribution in [1.29, 1.82) is 0 Å². The summed E-state index contributed by atoms with van der Waals surface area (Å²) >= 11 is 0. The predicted molar refractivity (Wildman–Crippen MR) is 454 cm³/mol. The molecule has 0 aliphatic rings. The number of hydrogen-bond acceptors (Lipinski definition) is 14. The van der Waals surface area contributed by atoms with Crippen LogP contribution in [0.25, 0.3) is 0 Å². The van der Waals surface area contributed by atoms with Gasteiger partial charge in [-0.1, -0.05) is 333 Å². The van der Waals surface area contributed by atoms with E-state index in [1.165, 1.54) is 128 Å². The summed E-state index contributed by atoms with van der Waals surface area (Å²) in [7, 11) is -9.82. The van der Waals surface area contributed by atoms with Crippen molar-refractivity contribution in [2.75, 3.05) is 39.6 Å². The molecule has 0 aliphatic heterocycles. The van der Waals surface area contributed by atoms with Crippen LogP contribution >= 0.6 is 15.6 Å². The number of carbonyl (C=O) groups is 3. The van der Waals surface area contributed by atoms with Crippen molar-refractivity contribution >= 4 is 33.6 Å². The molecule has 0 fully saturated rings. The zero-order chi connectivity index (χ0) is 79.4. The Kier molecular flexibility index (Phi) is 79.0. The van der Waals surface area contributed by atoms with E-state index in [-0.39, 0.29) is 19.3 Å². The third-order valence-electron chi connectivity index (χ3n) is 17.7. The molecule has 0 aromatic heterocycles. The topological polar surface area (TPSA) is 231 Å². The van der Waals surface area contributed by atoms with E-state index < -0.39 is 91.5 Å². The first-order valence-electron chi connectivity index (χ1n) is 42.8. The van der Waals surface area contributed by atoms with Crippen LogP contribution in [-0.2, 0) is 55.8 Å². The average molecular weight is 1570 g/mol. The van der Waals surface area contributed by atoms with Gasteiger partial charge in [0.1, 0.15) is 25.4 Å². The van der Waals surface area contributed by atoms with Gasteiger partial charge in [0, 0.05) is 19.3 Å². The fourth-order valence-electron chi connectivity index (χ4n) is 11.3. The summed E-state index contributed by atoms with van der Waals surface area (Å²) < 4.78 is 61.2. The highest BCUT2D eigenvalue weighted by atomic mass is 31.2. The molecule has 0 heterocycles. The van der Waals surface area contributed by atoms with Crippen LogP contribution in [0.15, 0.2) is 158 Å². The minimum Gasteiger partial charge on any atom is -0.463 e. The fourth-order valence-corrected chi connectivity index (χ4v) is 12.9. The lowest BCUT2D eigenvalue weighted by Crippen LogP contribution is -2.30. The Morgan fingerprint density at radius 3 is 0.780 bits per heavy atom. The van der Waals surface area contributed by atoms with E-state index in [0.717, 1.165) is 154 Å². The average Bonchev–Trinajstić information content (AvgIpc) is 0.903. The van der Waals surface area contributed by atoms with Crippen LogP contribution in [-0.4, -0.2) is 95.9 Å². The van der Waals surface area contributed by atoms with Gasteiger partial charge in [-0.25, -0.2) is 9.13 Å². The molecule has 16 nitrogen and oxygen atoms in total. The minimum atomic E-state index is -4.95. The second-order valence-electron chi connectivity index (χ2n) is 28.2. The zero-order valence-electron chi connectivity index (χ0n) is 68.4. The maximum Gasteiger partial charge on any atom is 0.472 e. The number of aliphatic hydroxyl groups is 2. The smallest absolute Gasteiger partial charge is 0.463 e. The van der Waals surface area contributed by atoms with E-state index in [9.17, 15) is 43.5 Å². The number of ether oxygens (including phenoxy) is 3. The molecule has 18 heteroatoms. The first-order valence-corrected chi connectivity index (χ1v) is 45.8. The Balaban J connectivity index is 4.49. The molecule has 5 atom stereocenters. The lowest BCUT2D eigenvalue weighted by molar-refractivity contribution is -0.161. The summed E-state index contributed by atoms with van der Waals surface area (Å²) in [5.74, 6) is -1.63. The molecule has 0 amide bonds. The van der Waals surface area contributed by atoms with E-state index in [1.54, 1.807) is 0 Å². The molecule has 0 aliphatic carbocycles. The number of rotatable bonds is 80. The molecule has 0 rings (SSSR count). The number of phosphoric ester groups is 2. The van der Waals surface area contributed by atoms with Crippen LogP contribution < -0.4 is 0 Å². The number of aliphatic hydroxyl groups excluding tert-OH is 2. The van der Waals surface area contributed by atoms with Crippen LogP contribution in [0.2, 0.25) is 0 Å². The molecule has 109 heavy (non-hydrogen) atoms. The quantitative estimate of drug-likeness (QED) is 0.0146. The Bertz CT molecular complexity index is 2610. The maximum atomic E-state index is 13.0. The van der Waals surface area contributed by atoms with Gasteiger partial charge in [0.05, 0.1) is 26.4 Å². The van der Waals surface area contributed by atoms with E-state index in [1.807, 2.05) is 0 Å². The lowest BCUT2D eigenvalue weighted by Gasteiger charge is -2.21. The van der Waals surface area contributed by atoms with Crippen molar-refractivity contribution in [2.24, 2.45) is 0 Å². The number of phosphoric acid groups is 2. The van der Waals surface area contributed by atoms with Gasteiger partial charge in [-0.3, -0.25) is 32.5 Å². The monoisotopic (exact) mass is 1570 g/mol. The highest BCUT2D eigenvalue weighted by molar-refractivity contribution is 7.47. The van der Waals surface area contributed by atoms with E-state index in [0.29, 0.717) is 19.3 Å². The normalized spacial score (nSPS) is 14.7. The van der Waals surface area contributed by atoms with Crippen molar-refractivity contribution in [1.82, 2.24) is 0 Å². The molecular formula is C91H154O16P2. The standard InChI is InChI=1S/C91H154O16P2/c1-4-7-10-13-16-19-22-25-28-31-34-35-36-37-38-39-40-41-42-43-44-45-46-47-48-49-52-54-56-59-62-65-68-71-74-77-89(94)101-80-86(92)81-103-108(97,98)104-82-87(93)83-105-109(99,100)106-85-88(107-91(96)79-76-73-70-67-64-61-58-55-51-33-30-27-24-21-18-15-12-9-6-3)84-102-90(95)78-75-72-69-66-63-60-57-53-50-32-29-26-23-20-17-14-11-8-5-2/h8-9,11-12,16-21,25-30,34-35,37-38,50-51,53,55,60,63,86-88,92-93H,4-7,10,13-15,22-24,31-33,36,39-49,52,54,56-59,61-62,64-85H2,1-3H3,(H,97,98)(H,99,100)/b11-8-,12-9-,19-16-,20-17-,21-18-,28-25-,29-26-,30-27-,35-34-,38-37-,53-50-,55-51-,63-60-. The molecule has 0 spiro atoms. The van der Waals surface area contributed by atoms with Gasteiger partial charge in [0.2, 0.25) is 0 Å². The predicted octanol–water partition coefficient (Wildman–Crippen LogP) is 25.8. The Morgan fingerprint density at radius 1 is 0.266 bits per heavy atom. The van der Waals surface area contributed by atoms with Gasteiger partial charge < -0.3 is 34.2 Å². The van der Waals surface area contributed by atoms with Crippen molar-refractivity contribution in [3.63, 3.8) is 0 Å². The summed E-state index contributed by atoms with van der Waals surface area (Å²) in [5, 5.41) is 20.7. The zero-order valence-corrected chi connectivity index (χ0v) is 70.2. The largest absolute Gasteiger partial charge is 0.472 e. The van der Waals surface area contributed by atoms with Gasteiger partial charge in [-0.15, -0.1) is 0 Å². The lowest BCUT2D eigenvalue weighted by atomic mass is 10.0. The van der Waals surface area contributed by atoms with Crippen LogP contribution in [0, 0.1) is 0 Å². The highest BCUT2D eigenvalue weighted by Gasteiger charge is 2.29. The molecule has 0 saturated carbocycles. The molecule has 624 valence electrons. The Labute approximate surface area is 663 Å². The maximum absolute atomic E-state index is 13.0. The summed E-state index contributed by atoms with van der Waals surface area (Å²) in [4.78, 5) is 58.8. The van der Waals surface area contributed by atoms with E-state index in [4.69, 9.17) is 32.3 Å². The van der Waals surface area contributed by atoms with Crippen LogP contribution in [0.1, 0.15) is 342 Å². The van der Waals surface area contributed by atoms with Crippen LogP contribution in [0.3, 0.4) is 0 Å². The molecule has 4 N–H and O–H groups in total. The van der Waals surface area contributed by atoms with Crippen LogP contribution in [0.5, 0.6) is 0 Å². The highest BCUT2D eigenvalue weighted by Crippen LogP contribution is 2.45. The van der Waals surface area contributed by atoms with Crippen molar-refractivity contribution in [2.45, 2.75) is 360 Å². The first-order chi connectivity index (χ1) is 53.2. The summed E-state index contributed by atoms with van der Waals surface area (Å²) in [6.07, 6.45) is 104. The van der Waals surface area contributed by atoms with Crippen molar-refractivity contribution in [3.8, 4) is 0 Å². The van der Waals surface area contributed by atoms with Crippen molar-refractivity contribution < 1.29 is 75.8 Å². The third kappa shape index (κ3) is 83.9. The van der Waals surface area contributed by atoms with E-state index in [2.05, 4.69) is 179 Å². The second kappa shape index (κ2) is 82.6. The molecule has 0 bridgehead atoms. The minimum absolute atomic E-state index is 0.0759. The van der Waals surface area contributed by atoms with Gasteiger partial charge in [0.25, 0.3) is 0 Å². The molecule has 0 aromatic rings. The van der Waals surface area contributed by atoms with E-state index >= 15 is 0 Å². The number of carbonyl (C=O) groups excluding carboxylic acids is 3. The third-order valence-corrected chi connectivity index (χ3v) is 19.6. The Morgan fingerprint density at radius 2 is 0.486 bits per heavy atom. The Hall–Kier alpha value is -4.83. The molecule has 0 saturated heterocycles. The van der Waals surface area contributed by atoms with Crippen molar-refractivity contribution in [3.05, 3.63) is 158 Å².